The average molecular weight is 221 g/mol. The highest BCUT2D eigenvalue weighted by molar-refractivity contribution is 5.69. The fourth-order valence-corrected chi connectivity index (χ4v) is 1.32. The van der Waals surface area contributed by atoms with E-state index < -0.39 is 11.7 Å². The van der Waals surface area contributed by atoms with Gasteiger partial charge in [0, 0.05) is 0 Å². The molecule has 2 heterocycles. The molecule has 2 aromatic rings. The van der Waals surface area contributed by atoms with E-state index in [0.717, 1.165) is 0 Å². The Morgan fingerprint density at radius 3 is 3.00 bits per heavy atom. The van der Waals surface area contributed by atoms with Gasteiger partial charge in [0.15, 0.2) is 11.2 Å². The number of hydrogen-bond donors (Lipinski definition) is 3. The molecule has 2 aromatic heterocycles. The minimum atomic E-state index is -0.728. The first-order valence-electron chi connectivity index (χ1n) is 4.82. The number of aromatic amines is 1. The van der Waals surface area contributed by atoms with Crippen molar-refractivity contribution < 1.29 is 5.11 Å². The number of fused-ring (bicyclic) bond motifs is 1. The molecule has 16 heavy (non-hydrogen) atoms. The van der Waals surface area contributed by atoms with Gasteiger partial charge in [-0.25, -0.2) is 9.97 Å². The molecular formula is C9H11N5O2. The lowest BCUT2D eigenvalue weighted by molar-refractivity contribution is 0.169. The molecule has 7 heteroatoms. The summed E-state index contributed by atoms with van der Waals surface area (Å²) in [4.78, 5) is 25.6. The summed E-state index contributed by atoms with van der Waals surface area (Å²) in [6.07, 6.45) is 1.16. The Hall–Kier alpha value is -2.02. The van der Waals surface area contributed by atoms with Crippen LogP contribution in [0.15, 0.2) is 11.0 Å². The van der Waals surface area contributed by atoms with Crippen LogP contribution in [0.1, 0.15) is 25.1 Å². The lowest BCUT2D eigenvalue weighted by atomic mass is 10.2. The van der Waals surface area contributed by atoms with Gasteiger partial charge in [-0.1, -0.05) is 6.92 Å². The number of H-pyrrole nitrogens is 1. The van der Waals surface area contributed by atoms with Crippen LogP contribution in [0.4, 0.5) is 5.95 Å². The van der Waals surface area contributed by atoms with Gasteiger partial charge in [-0.05, 0) is 6.42 Å². The van der Waals surface area contributed by atoms with E-state index in [1.54, 1.807) is 0 Å². The number of nitrogen functional groups attached to an aromatic ring is 1. The van der Waals surface area contributed by atoms with Gasteiger partial charge in [-0.3, -0.25) is 9.78 Å². The summed E-state index contributed by atoms with van der Waals surface area (Å²) in [7, 11) is 0. The number of nitrogens with zero attached hydrogens (tertiary/aromatic N) is 3. The van der Waals surface area contributed by atoms with Crippen LogP contribution >= 0.6 is 0 Å². The Balaban J connectivity index is 2.67. The second-order valence-corrected chi connectivity index (χ2v) is 3.34. The van der Waals surface area contributed by atoms with Crippen molar-refractivity contribution in [3.63, 3.8) is 0 Å². The minimum absolute atomic E-state index is 0.00408. The molecule has 7 nitrogen and oxygen atoms in total. The fourth-order valence-electron chi connectivity index (χ4n) is 1.32. The number of anilines is 1. The van der Waals surface area contributed by atoms with Crippen molar-refractivity contribution in [3.8, 4) is 0 Å². The van der Waals surface area contributed by atoms with Crippen molar-refractivity contribution in [2.75, 3.05) is 5.73 Å². The Bertz CT molecular complexity index is 580. The molecule has 0 unspecified atom stereocenters. The van der Waals surface area contributed by atoms with Crippen LogP contribution in [0.2, 0.25) is 0 Å². The van der Waals surface area contributed by atoms with Crippen molar-refractivity contribution >= 4 is 17.1 Å². The largest absolute Gasteiger partial charge is 0.387 e. The molecule has 84 valence electrons. The van der Waals surface area contributed by atoms with Crippen LogP contribution in [-0.2, 0) is 0 Å². The van der Waals surface area contributed by atoms with Crippen LogP contribution < -0.4 is 11.3 Å². The first-order valence-corrected chi connectivity index (χ1v) is 4.82. The number of aliphatic hydroxyl groups is 1. The van der Waals surface area contributed by atoms with Crippen molar-refractivity contribution in [2.24, 2.45) is 0 Å². The molecular weight excluding hydrogens is 210 g/mol. The predicted octanol–water partition coefficient (Wildman–Crippen LogP) is -0.261. The normalized spacial score (nSPS) is 12.9. The molecule has 0 saturated carbocycles. The van der Waals surface area contributed by atoms with Gasteiger partial charge in [-0.2, -0.15) is 4.98 Å². The quantitative estimate of drug-likeness (QED) is 0.643. The van der Waals surface area contributed by atoms with Gasteiger partial charge < -0.3 is 10.8 Å². The standard InChI is InChI=1S/C9H11N5O2/c1-2-5(15)4-3-11-7-6(12-4)8(16)14-9(10)13-7/h3,5,15H,2H2,1H3,(H3,10,11,13,14,16)/t5-/m1/s1. The molecule has 0 aliphatic rings. The molecule has 1 atom stereocenters. The van der Waals surface area contributed by atoms with Gasteiger partial charge in [-0.15, -0.1) is 0 Å². The Morgan fingerprint density at radius 2 is 2.31 bits per heavy atom. The number of rotatable bonds is 2. The van der Waals surface area contributed by atoms with E-state index in [0.29, 0.717) is 12.1 Å². The molecule has 0 saturated heterocycles. The maximum absolute atomic E-state index is 11.5. The van der Waals surface area contributed by atoms with E-state index in [-0.39, 0.29) is 17.1 Å². The zero-order chi connectivity index (χ0) is 11.7. The van der Waals surface area contributed by atoms with E-state index in [1.165, 1.54) is 6.20 Å². The van der Waals surface area contributed by atoms with Crippen LogP contribution in [0, 0.1) is 0 Å². The molecule has 0 radical (unpaired) electrons. The maximum atomic E-state index is 11.5. The summed E-state index contributed by atoms with van der Waals surface area (Å²) in [6, 6.07) is 0. The Morgan fingerprint density at radius 1 is 1.56 bits per heavy atom. The maximum Gasteiger partial charge on any atom is 0.280 e. The van der Waals surface area contributed by atoms with Gasteiger partial charge in [0.05, 0.1) is 18.0 Å². The summed E-state index contributed by atoms with van der Waals surface area (Å²) in [5.74, 6) is -0.00408. The summed E-state index contributed by atoms with van der Waals surface area (Å²) >= 11 is 0. The van der Waals surface area contributed by atoms with Gasteiger partial charge in [0.25, 0.3) is 5.56 Å². The highest BCUT2D eigenvalue weighted by atomic mass is 16.3. The van der Waals surface area contributed by atoms with Crippen molar-refractivity contribution in [2.45, 2.75) is 19.4 Å². The third kappa shape index (κ3) is 1.72. The van der Waals surface area contributed by atoms with Gasteiger partial charge in [0.1, 0.15) is 0 Å². The zero-order valence-electron chi connectivity index (χ0n) is 8.64. The summed E-state index contributed by atoms with van der Waals surface area (Å²) in [5, 5.41) is 9.57. The SMILES string of the molecule is CC[C@@H](O)c1cnc2nc(N)[nH]c(=O)c2n1. The average Bonchev–Trinajstić information content (AvgIpc) is 2.27. The van der Waals surface area contributed by atoms with Crippen molar-refractivity contribution in [3.05, 3.63) is 22.2 Å². The Labute approximate surface area is 90.4 Å². The molecule has 0 aliphatic heterocycles. The molecule has 0 amide bonds. The minimum Gasteiger partial charge on any atom is -0.387 e. The summed E-state index contributed by atoms with van der Waals surface area (Å²) in [6.45, 7) is 1.81. The molecule has 4 N–H and O–H groups in total. The predicted molar refractivity (Wildman–Crippen MR) is 57.6 cm³/mol. The smallest absolute Gasteiger partial charge is 0.280 e. The number of nitrogens with two attached hydrogens (primary N) is 1. The lowest BCUT2D eigenvalue weighted by Crippen LogP contribution is -2.15. The number of aromatic nitrogens is 4. The third-order valence-electron chi connectivity index (χ3n) is 2.18. The second-order valence-electron chi connectivity index (χ2n) is 3.34. The Kier molecular flexibility index (Phi) is 2.53. The van der Waals surface area contributed by atoms with Crippen molar-refractivity contribution in [1.82, 2.24) is 19.9 Å². The molecule has 0 aromatic carbocycles. The van der Waals surface area contributed by atoms with Crippen LogP contribution in [0.5, 0.6) is 0 Å². The van der Waals surface area contributed by atoms with E-state index in [4.69, 9.17) is 5.73 Å². The topological polar surface area (TPSA) is 118 Å². The van der Waals surface area contributed by atoms with E-state index >= 15 is 0 Å². The first kappa shape index (κ1) is 10.5. The highest BCUT2D eigenvalue weighted by Gasteiger charge is 2.11. The third-order valence-corrected chi connectivity index (χ3v) is 2.18. The van der Waals surface area contributed by atoms with E-state index in [9.17, 15) is 9.90 Å². The number of hydrogen-bond acceptors (Lipinski definition) is 6. The zero-order valence-corrected chi connectivity index (χ0v) is 8.64. The first-order chi connectivity index (χ1) is 7.61. The van der Waals surface area contributed by atoms with Crippen LogP contribution in [0.3, 0.4) is 0 Å². The van der Waals surface area contributed by atoms with Crippen molar-refractivity contribution in [1.29, 1.82) is 0 Å². The van der Waals surface area contributed by atoms with E-state index in [2.05, 4.69) is 19.9 Å². The second kappa shape index (κ2) is 3.86. The van der Waals surface area contributed by atoms with Gasteiger partial charge >= 0.3 is 0 Å². The van der Waals surface area contributed by atoms with Crippen LogP contribution in [0.25, 0.3) is 11.2 Å². The lowest BCUT2D eigenvalue weighted by Gasteiger charge is -2.06. The van der Waals surface area contributed by atoms with Gasteiger partial charge in [0.2, 0.25) is 5.95 Å². The fraction of sp³-hybridized carbons (Fsp3) is 0.333. The molecule has 2 rings (SSSR count). The summed E-state index contributed by atoms with van der Waals surface area (Å²) < 4.78 is 0. The molecule has 0 aliphatic carbocycles. The van der Waals surface area contributed by atoms with Crippen LogP contribution in [-0.4, -0.2) is 25.0 Å². The number of nitrogens with one attached hydrogen (secondary N) is 1. The summed E-state index contributed by atoms with van der Waals surface area (Å²) in [5.41, 5.74) is 5.52. The highest BCUT2D eigenvalue weighted by Crippen LogP contribution is 2.13. The molecule has 0 fully saturated rings. The monoisotopic (exact) mass is 221 g/mol. The van der Waals surface area contributed by atoms with E-state index in [1.807, 2.05) is 6.92 Å². The number of aliphatic hydroxyl groups excluding tert-OH is 1. The molecule has 0 bridgehead atoms. The molecule has 0 spiro atoms.